The first-order valence-electron chi connectivity index (χ1n) is 6.27. The zero-order valence-electron chi connectivity index (χ0n) is 10.4. The number of rotatable bonds is 2. The molecule has 2 aromatic rings. The Morgan fingerprint density at radius 3 is 3.21 bits per heavy atom. The van der Waals surface area contributed by atoms with Crippen LogP contribution in [0.3, 0.4) is 0 Å². The third-order valence-corrected chi connectivity index (χ3v) is 4.35. The summed E-state index contributed by atoms with van der Waals surface area (Å²) in [6.45, 7) is 0.744. The summed E-state index contributed by atoms with van der Waals surface area (Å²) in [6.07, 6.45) is 1.82. The molecule has 1 aromatic carbocycles. The number of hydrogen-bond acceptors (Lipinski definition) is 5. The lowest BCUT2D eigenvalue weighted by atomic mass is 10.1. The van der Waals surface area contributed by atoms with Gasteiger partial charge in [0, 0.05) is 12.1 Å². The van der Waals surface area contributed by atoms with E-state index in [1.165, 1.54) is 11.3 Å². The number of likely N-dealkylation sites (tertiary alicyclic amines) is 1. The minimum Gasteiger partial charge on any atom is -0.394 e. The number of nitrogens with zero attached hydrogens (tertiary/aromatic N) is 2. The summed E-state index contributed by atoms with van der Waals surface area (Å²) < 4.78 is 0.920. The molecule has 1 fully saturated rings. The zero-order valence-corrected chi connectivity index (χ0v) is 11.2. The summed E-state index contributed by atoms with van der Waals surface area (Å²) in [5.41, 5.74) is 7.12. The third-order valence-electron chi connectivity index (χ3n) is 3.50. The largest absolute Gasteiger partial charge is 0.394 e. The van der Waals surface area contributed by atoms with E-state index in [2.05, 4.69) is 4.98 Å². The van der Waals surface area contributed by atoms with E-state index < -0.39 is 0 Å². The molecule has 1 aliphatic rings. The van der Waals surface area contributed by atoms with Crippen LogP contribution in [0.15, 0.2) is 18.2 Å². The lowest BCUT2D eigenvalue weighted by Gasteiger charge is -2.23. The van der Waals surface area contributed by atoms with Crippen molar-refractivity contribution in [3.05, 3.63) is 23.8 Å². The quantitative estimate of drug-likeness (QED) is 0.871. The van der Waals surface area contributed by atoms with Gasteiger partial charge < -0.3 is 15.7 Å². The monoisotopic (exact) mass is 277 g/mol. The van der Waals surface area contributed by atoms with Crippen LogP contribution in [0, 0.1) is 0 Å². The van der Waals surface area contributed by atoms with Crippen molar-refractivity contribution < 1.29 is 9.90 Å². The predicted molar refractivity (Wildman–Crippen MR) is 75.2 cm³/mol. The molecule has 1 saturated heterocycles. The molecular weight excluding hydrogens is 262 g/mol. The van der Waals surface area contributed by atoms with E-state index >= 15 is 0 Å². The van der Waals surface area contributed by atoms with Gasteiger partial charge in [-0.1, -0.05) is 11.3 Å². The van der Waals surface area contributed by atoms with Gasteiger partial charge in [-0.15, -0.1) is 0 Å². The summed E-state index contributed by atoms with van der Waals surface area (Å²) in [4.78, 5) is 18.4. The van der Waals surface area contributed by atoms with Crippen LogP contribution in [-0.2, 0) is 0 Å². The Morgan fingerprint density at radius 1 is 1.58 bits per heavy atom. The van der Waals surface area contributed by atoms with E-state index in [4.69, 9.17) is 5.73 Å². The Morgan fingerprint density at radius 2 is 2.42 bits per heavy atom. The molecule has 0 aliphatic carbocycles. The minimum atomic E-state index is -0.0465. The van der Waals surface area contributed by atoms with E-state index in [-0.39, 0.29) is 18.6 Å². The standard InChI is InChI=1S/C13H15N3O2S/c14-13-15-10-4-3-8(6-11(10)19-13)12(18)16-5-1-2-9(16)7-17/h3-4,6,9,17H,1-2,5,7H2,(H2,14,15)/t9-/m0/s1. The molecule has 3 rings (SSSR count). The minimum absolute atomic E-state index is 0.0228. The van der Waals surface area contributed by atoms with E-state index in [9.17, 15) is 9.90 Å². The second-order valence-corrected chi connectivity index (χ2v) is 5.77. The lowest BCUT2D eigenvalue weighted by molar-refractivity contribution is 0.0678. The summed E-state index contributed by atoms with van der Waals surface area (Å²) in [7, 11) is 0. The average Bonchev–Trinajstić information content (AvgIpc) is 3.01. The number of carbonyl (C=O) groups is 1. The van der Waals surface area contributed by atoms with Crippen LogP contribution in [0.25, 0.3) is 10.2 Å². The van der Waals surface area contributed by atoms with Gasteiger partial charge in [0.25, 0.3) is 5.91 Å². The van der Waals surface area contributed by atoms with Crippen molar-refractivity contribution in [1.29, 1.82) is 0 Å². The van der Waals surface area contributed by atoms with E-state index in [1.54, 1.807) is 11.0 Å². The summed E-state index contributed by atoms with van der Waals surface area (Å²) >= 11 is 1.38. The van der Waals surface area contributed by atoms with Crippen LogP contribution in [0.4, 0.5) is 5.13 Å². The van der Waals surface area contributed by atoms with Gasteiger partial charge in [-0.3, -0.25) is 4.79 Å². The zero-order chi connectivity index (χ0) is 13.4. The van der Waals surface area contributed by atoms with Crippen molar-refractivity contribution in [3.8, 4) is 0 Å². The molecule has 1 aromatic heterocycles. The van der Waals surface area contributed by atoms with Gasteiger partial charge in [-0.25, -0.2) is 4.98 Å². The predicted octanol–water partition coefficient (Wildman–Crippen LogP) is 1.48. The molecule has 0 bridgehead atoms. The fourth-order valence-electron chi connectivity index (χ4n) is 2.53. The molecule has 1 aliphatic heterocycles. The number of aliphatic hydroxyl groups excluding tert-OH is 1. The number of fused-ring (bicyclic) bond motifs is 1. The van der Waals surface area contributed by atoms with Gasteiger partial charge in [-0.2, -0.15) is 0 Å². The Bertz CT molecular complexity index is 625. The first-order chi connectivity index (χ1) is 9.19. The Balaban J connectivity index is 1.92. The molecule has 0 unspecified atom stereocenters. The highest BCUT2D eigenvalue weighted by atomic mass is 32.1. The Labute approximate surface area is 114 Å². The molecule has 2 heterocycles. The molecular formula is C13H15N3O2S. The summed E-state index contributed by atoms with van der Waals surface area (Å²) in [6, 6.07) is 5.38. The molecule has 3 N–H and O–H groups in total. The number of anilines is 1. The van der Waals surface area contributed by atoms with E-state index in [1.807, 2.05) is 12.1 Å². The number of hydrogen-bond donors (Lipinski definition) is 2. The van der Waals surface area contributed by atoms with Gasteiger partial charge in [0.05, 0.1) is 22.9 Å². The SMILES string of the molecule is Nc1nc2ccc(C(=O)N3CCC[C@H]3CO)cc2s1. The lowest BCUT2D eigenvalue weighted by Crippen LogP contribution is -2.37. The molecule has 6 heteroatoms. The molecule has 1 atom stereocenters. The van der Waals surface area contributed by atoms with Crippen molar-refractivity contribution in [2.45, 2.75) is 18.9 Å². The maximum Gasteiger partial charge on any atom is 0.254 e. The van der Waals surface area contributed by atoms with Crippen LogP contribution >= 0.6 is 11.3 Å². The highest BCUT2D eigenvalue weighted by Gasteiger charge is 2.28. The number of thiazole rings is 1. The van der Waals surface area contributed by atoms with Crippen molar-refractivity contribution in [2.75, 3.05) is 18.9 Å². The van der Waals surface area contributed by atoms with Crippen LogP contribution in [0.5, 0.6) is 0 Å². The van der Waals surface area contributed by atoms with E-state index in [0.29, 0.717) is 17.2 Å². The molecule has 1 amide bonds. The van der Waals surface area contributed by atoms with Crippen molar-refractivity contribution in [3.63, 3.8) is 0 Å². The second kappa shape index (κ2) is 4.79. The number of benzene rings is 1. The highest BCUT2D eigenvalue weighted by molar-refractivity contribution is 7.22. The van der Waals surface area contributed by atoms with Gasteiger partial charge in [0.1, 0.15) is 0 Å². The number of nitrogen functional groups attached to an aromatic ring is 1. The average molecular weight is 277 g/mol. The first-order valence-corrected chi connectivity index (χ1v) is 7.08. The fourth-order valence-corrected chi connectivity index (χ4v) is 3.31. The fraction of sp³-hybridized carbons (Fsp3) is 0.385. The van der Waals surface area contributed by atoms with Crippen LogP contribution in [0.2, 0.25) is 0 Å². The highest BCUT2D eigenvalue weighted by Crippen LogP contribution is 2.26. The van der Waals surface area contributed by atoms with Gasteiger partial charge >= 0.3 is 0 Å². The topological polar surface area (TPSA) is 79.5 Å². The van der Waals surface area contributed by atoms with Crippen molar-refractivity contribution >= 4 is 32.6 Å². The van der Waals surface area contributed by atoms with Crippen LogP contribution in [0.1, 0.15) is 23.2 Å². The Kier molecular flexibility index (Phi) is 3.12. The number of aliphatic hydroxyl groups is 1. The second-order valence-electron chi connectivity index (χ2n) is 4.71. The summed E-state index contributed by atoms with van der Waals surface area (Å²) in [5.74, 6) is -0.0228. The van der Waals surface area contributed by atoms with Gasteiger partial charge in [-0.05, 0) is 31.0 Å². The van der Waals surface area contributed by atoms with Gasteiger partial charge in [0.15, 0.2) is 5.13 Å². The number of aromatic nitrogens is 1. The molecule has 0 saturated carbocycles. The van der Waals surface area contributed by atoms with Crippen LogP contribution in [-0.4, -0.2) is 40.1 Å². The molecule has 19 heavy (non-hydrogen) atoms. The van der Waals surface area contributed by atoms with Crippen molar-refractivity contribution in [1.82, 2.24) is 9.88 Å². The maximum atomic E-state index is 12.4. The molecule has 100 valence electrons. The number of carbonyl (C=O) groups excluding carboxylic acids is 1. The first kappa shape index (κ1) is 12.4. The normalized spacial score (nSPS) is 19.2. The summed E-state index contributed by atoms with van der Waals surface area (Å²) in [5, 5.41) is 9.80. The molecule has 5 nitrogen and oxygen atoms in total. The Hall–Kier alpha value is -1.66. The number of nitrogens with two attached hydrogens (primary N) is 1. The van der Waals surface area contributed by atoms with Crippen LogP contribution < -0.4 is 5.73 Å². The molecule has 0 spiro atoms. The van der Waals surface area contributed by atoms with Gasteiger partial charge in [0.2, 0.25) is 0 Å². The van der Waals surface area contributed by atoms with E-state index in [0.717, 1.165) is 23.1 Å². The maximum absolute atomic E-state index is 12.4. The molecule has 0 radical (unpaired) electrons. The number of amides is 1. The smallest absolute Gasteiger partial charge is 0.254 e. The third kappa shape index (κ3) is 2.17. The van der Waals surface area contributed by atoms with Crippen molar-refractivity contribution in [2.24, 2.45) is 0 Å².